The first kappa shape index (κ1) is 16.1. The Balaban J connectivity index is 1.63. The smallest absolute Gasteiger partial charge is 0.228 e. The third kappa shape index (κ3) is 3.37. The van der Waals surface area contributed by atoms with Gasteiger partial charge in [-0.05, 0) is 42.7 Å². The van der Waals surface area contributed by atoms with Gasteiger partial charge in [0.1, 0.15) is 16.6 Å². The molecule has 1 aliphatic carbocycles. The SMILES string of the molecule is O=C(Nc1cc(-c2c[nH]c3ncccc23)cc(Cl)n1)C1CCCCC1. The predicted molar refractivity (Wildman–Crippen MR) is 99.5 cm³/mol. The van der Waals surface area contributed by atoms with Gasteiger partial charge in [-0.2, -0.15) is 0 Å². The van der Waals surface area contributed by atoms with Gasteiger partial charge in [0.2, 0.25) is 5.91 Å². The summed E-state index contributed by atoms with van der Waals surface area (Å²) in [4.78, 5) is 24.2. The lowest BCUT2D eigenvalue weighted by Gasteiger charge is -2.20. The zero-order chi connectivity index (χ0) is 17.2. The van der Waals surface area contributed by atoms with Crippen LogP contribution in [-0.4, -0.2) is 20.9 Å². The summed E-state index contributed by atoms with van der Waals surface area (Å²) < 4.78 is 0. The van der Waals surface area contributed by atoms with Crippen molar-refractivity contribution in [2.24, 2.45) is 5.92 Å². The summed E-state index contributed by atoms with van der Waals surface area (Å²) >= 11 is 6.20. The molecule has 6 heteroatoms. The second-order valence-electron chi connectivity index (χ2n) is 6.49. The number of carbonyl (C=O) groups excluding carboxylic acids is 1. The van der Waals surface area contributed by atoms with Crippen molar-refractivity contribution < 1.29 is 4.79 Å². The number of aromatic amines is 1. The number of hydrogen-bond donors (Lipinski definition) is 2. The molecule has 0 atom stereocenters. The minimum absolute atomic E-state index is 0.0426. The van der Waals surface area contributed by atoms with Crippen molar-refractivity contribution in [1.82, 2.24) is 15.0 Å². The monoisotopic (exact) mass is 354 g/mol. The van der Waals surface area contributed by atoms with Crippen LogP contribution in [0, 0.1) is 5.92 Å². The molecule has 3 heterocycles. The summed E-state index contributed by atoms with van der Waals surface area (Å²) in [5.74, 6) is 0.618. The van der Waals surface area contributed by atoms with E-state index in [1.165, 1.54) is 6.42 Å². The van der Waals surface area contributed by atoms with Gasteiger partial charge in [0.25, 0.3) is 0 Å². The molecule has 3 aromatic rings. The van der Waals surface area contributed by atoms with Gasteiger partial charge in [0.05, 0.1) is 0 Å². The van der Waals surface area contributed by atoms with Crippen LogP contribution in [-0.2, 0) is 4.79 Å². The summed E-state index contributed by atoms with van der Waals surface area (Å²) in [6, 6.07) is 7.56. The Labute approximate surface area is 150 Å². The van der Waals surface area contributed by atoms with Crippen LogP contribution in [0.4, 0.5) is 5.82 Å². The lowest BCUT2D eigenvalue weighted by atomic mass is 9.89. The molecule has 25 heavy (non-hydrogen) atoms. The first-order valence-electron chi connectivity index (χ1n) is 8.61. The highest BCUT2D eigenvalue weighted by atomic mass is 35.5. The van der Waals surface area contributed by atoms with Gasteiger partial charge in [-0.1, -0.05) is 30.9 Å². The molecule has 128 valence electrons. The molecular formula is C19H19ClN4O. The van der Waals surface area contributed by atoms with Gasteiger partial charge in [-0.25, -0.2) is 9.97 Å². The Kier molecular flexibility index (Phi) is 4.40. The molecule has 1 fully saturated rings. The van der Waals surface area contributed by atoms with E-state index in [4.69, 9.17) is 11.6 Å². The van der Waals surface area contributed by atoms with E-state index in [1.54, 1.807) is 12.3 Å². The van der Waals surface area contributed by atoms with Crippen molar-refractivity contribution in [1.29, 1.82) is 0 Å². The summed E-state index contributed by atoms with van der Waals surface area (Å²) in [6.45, 7) is 0. The maximum atomic E-state index is 12.5. The van der Waals surface area contributed by atoms with Crippen LogP contribution in [0.1, 0.15) is 32.1 Å². The second-order valence-corrected chi connectivity index (χ2v) is 6.88. The standard InChI is InChI=1S/C19H19ClN4O/c20-16-9-13(15-11-22-18-14(15)7-4-8-21-18)10-17(23-16)24-19(25)12-5-2-1-3-6-12/h4,7-12H,1-3,5-6H2,(H,21,22)(H,23,24,25). The molecule has 0 spiro atoms. The number of fused-ring (bicyclic) bond motifs is 1. The fourth-order valence-electron chi connectivity index (χ4n) is 3.50. The highest BCUT2D eigenvalue weighted by Gasteiger charge is 2.21. The van der Waals surface area contributed by atoms with Crippen molar-refractivity contribution in [2.45, 2.75) is 32.1 Å². The van der Waals surface area contributed by atoms with Gasteiger partial charge < -0.3 is 10.3 Å². The molecule has 0 saturated heterocycles. The molecule has 0 bridgehead atoms. The van der Waals surface area contributed by atoms with Crippen molar-refractivity contribution in [3.05, 3.63) is 41.8 Å². The number of aromatic nitrogens is 3. The average Bonchev–Trinajstić information content (AvgIpc) is 3.06. The van der Waals surface area contributed by atoms with Crippen LogP contribution < -0.4 is 5.32 Å². The highest BCUT2D eigenvalue weighted by Crippen LogP contribution is 2.31. The van der Waals surface area contributed by atoms with E-state index in [1.807, 2.05) is 24.4 Å². The normalized spacial score (nSPS) is 15.4. The lowest BCUT2D eigenvalue weighted by Crippen LogP contribution is -2.25. The van der Waals surface area contributed by atoms with Gasteiger partial charge in [0, 0.05) is 29.3 Å². The van der Waals surface area contributed by atoms with Gasteiger partial charge in [0.15, 0.2) is 0 Å². The summed E-state index contributed by atoms with van der Waals surface area (Å²) in [5, 5.41) is 4.31. The number of nitrogens with zero attached hydrogens (tertiary/aromatic N) is 2. The lowest BCUT2D eigenvalue weighted by molar-refractivity contribution is -0.120. The third-order valence-electron chi connectivity index (χ3n) is 4.78. The first-order chi connectivity index (χ1) is 12.2. The van der Waals surface area contributed by atoms with E-state index in [2.05, 4.69) is 20.3 Å². The molecule has 1 saturated carbocycles. The molecule has 4 rings (SSSR count). The average molecular weight is 355 g/mol. The molecular weight excluding hydrogens is 336 g/mol. The fourth-order valence-corrected chi connectivity index (χ4v) is 3.71. The van der Waals surface area contributed by atoms with E-state index >= 15 is 0 Å². The predicted octanol–water partition coefficient (Wildman–Crippen LogP) is 4.80. The number of hydrogen-bond acceptors (Lipinski definition) is 3. The van der Waals surface area contributed by atoms with Crippen LogP contribution in [0.5, 0.6) is 0 Å². The zero-order valence-electron chi connectivity index (χ0n) is 13.8. The van der Waals surface area contributed by atoms with E-state index in [9.17, 15) is 4.79 Å². The number of H-pyrrole nitrogens is 1. The minimum Gasteiger partial charge on any atom is -0.346 e. The Morgan fingerprint density at radius 2 is 2.08 bits per heavy atom. The maximum Gasteiger partial charge on any atom is 0.228 e. The van der Waals surface area contributed by atoms with E-state index in [-0.39, 0.29) is 11.8 Å². The largest absolute Gasteiger partial charge is 0.346 e. The second kappa shape index (κ2) is 6.84. The fraction of sp³-hybridized carbons (Fsp3) is 0.316. The molecule has 5 nitrogen and oxygen atoms in total. The Bertz CT molecular complexity index is 915. The summed E-state index contributed by atoms with van der Waals surface area (Å²) in [6.07, 6.45) is 9.01. The number of amides is 1. The highest BCUT2D eigenvalue weighted by molar-refractivity contribution is 6.30. The van der Waals surface area contributed by atoms with Crippen molar-refractivity contribution in [3.8, 4) is 11.1 Å². The molecule has 3 aromatic heterocycles. The Hall–Kier alpha value is -2.40. The first-order valence-corrected chi connectivity index (χ1v) is 8.99. The molecule has 1 aliphatic rings. The van der Waals surface area contributed by atoms with Crippen LogP contribution >= 0.6 is 11.6 Å². The van der Waals surface area contributed by atoms with Gasteiger partial charge >= 0.3 is 0 Å². The zero-order valence-corrected chi connectivity index (χ0v) is 14.5. The molecule has 1 amide bonds. The number of nitrogens with one attached hydrogen (secondary N) is 2. The van der Waals surface area contributed by atoms with Gasteiger partial charge in [-0.3, -0.25) is 4.79 Å². The molecule has 0 aromatic carbocycles. The number of rotatable bonds is 3. The minimum atomic E-state index is 0.0426. The van der Waals surface area contributed by atoms with Crippen molar-refractivity contribution >= 4 is 34.4 Å². The third-order valence-corrected chi connectivity index (χ3v) is 4.98. The molecule has 0 aliphatic heterocycles. The molecule has 0 radical (unpaired) electrons. The van der Waals surface area contributed by atoms with Crippen LogP contribution in [0.2, 0.25) is 5.15 Å². The van der Waals surface area contributed by atoms with Crippen molar-refractivity contribution in [2.75, 3.05) is 5.32 Å². The number of pyridine rings is 2. The van der Waals surface area contributed by atoms with Crippen LogP contribution in [0.15, 0.2) is 36.7 Å². The Morgan fingerprint density at radius 3 is 2.92 bits per heavy atom. The van der Waals surface area contributed by atoms with Crippen LogP contribution in [0.3, 0.4) is 0 Å². The Morgan fingerprint density at radius 1 is 1.24 bits per heavy atom. The van der Waals surface area contributed by atoms with E-state index in [0.717, 1.165) is 47.8 Å². The summed E-state index contributed by atoms with van der Waals surface area (Å²) in [5.41, 5.74) is 2.71. The van der Waals surface area contributed by atoms with E-state index < -0.39 is 0 Å². The topological polar surface area (TPSA) is 70.7 Å². The van der Waals surface area contributed by atoms with Crippen molar-refractivity contribution in [3.63, 3.8) is 0 Å². The maximum absolute atomic E-state index is 12.5. The van der Waals surface area contributed by atoms with Crippen LogP contribution in [0.25, 0.3) is 22.2 Å². The van der Waals surface area contributed by atoms with E-state index in [0.29, 0.717) is 11.0 Å². The number of halogens is 1. The van der Waals surface area contributed by atoms with Gasteiger partial charge in [-0.15, -0.1) is 0 Å². The quantitative estimate of drug-likeness (QED) is 0.664. The summed E-state index contributed by atoms with van der Waals surface area (Å²) in [7, 11) is 0. The number of carbonyl (C=O) groups is 1. The molecule has 0 unspecified atom stereocenters. The molecule has 2 N–H and O–H groups in total. The number of anilines is 1.